The maximum Gasteiger partial charge on any atom is 0.359 e. The molecule has 14 nitrogen and oxygen atoms in total. The minimum absolute atomic E-state index is 0.171. The Morgan fingerprint density at radius 1 is 0.976 bits per heavy atom. The number of ether oxygens (including phenoxy) is 2. The summed E-state index contributed by atoms with van der Waals surface area (Å²) in [6, 6.07) is 8.48. The lowest BCUT2D eigenvalue weighted by molar-refractivity contribution is 0.0342. The number of rotatable bonds is 8. The smallest absolute Gasteiger partial charge is 0.359 e. The average Bonchev–Trinajstić information content (AvgIpc) is 3.36. The van der Waals surface area contributed by atoms with Gasteiger partial charge in [0.2, 0.25) is 5.95 Å². The first kappa shape index (κ1) is 27.9. The number of carbonyl (C=O) groups is 1. The predicted molar refractivity (Wildman–Crippen MR) is 155 cm³/mol. The molecule has 5 heterocycles. The number of carbonyl (C=O) groups excluding carboxylic acids is 1. The van der Waals surface area contributed by atoms with Gasteiger partial charge in [0.1, 0.15) is 5.82 Å². The number of morpholine rings is 2. The zero-order valence-corrected chi connectivity index (χ0v) is 23.8. The first-order chi connectivity index (χ1) is 20.5. The number of anilines is 2. The molecule has 42 heavy (non-hydrogen) atoms. The van der Waals surface area contributed by atoms with Crippen molar-refractivity contribution in [1.82, 2.24) is 34.4 Å². The zero-order chi connectivity index (χ0) is 29.1. The van der Waals surface area contributed by atoms with Crippen LogP contribution in [0.5, 0.6) is 0 Å². The summed E-state index contributed by atoms with van der Waals surface area (Å²) >= 11 is 0. The van der Waals surface area contributed by atoms with Gasteiger partial charge in [-0.1, -0.05) is 24.3 Å². The van der Waals surface area contributed by atoms with Crippen molar-refractivity contribution in [3.8, 4) is 11.4 Å². The molecular formula is C28H34N10O4. The number of aryl methyl sites for hydroxylation is 1. The van der Waals surface area contributed by atoms with Gasteiger partial charge in [-0.2, -0.15) is 5.90 Å². The summed E-state index contributed by atoms with van der Waals surface area (Å²) in [5.41, 5.74) is 3.84. The second-order valence-electron chi connectivity index (χ2n) is 10.3. The molecule has 2 fully saturated rings. The second-order valence-corrected chi connectivity index (χ2v) is 10.3. The van der Waals surface area contributed by atoms with Gasteiger partial charge in [0.15, 0.2) is 22.8 Å². The van der Waals surface area contributed by atoms with E-state index in [0.717, 1.165) is 74.3 Å². The topological polar surface area (TPSA) is 150 Å². The van der Waals surface area contributed by atoms with Crippen LogP contribution in [0.3, 0.4) is 0 Å². The highest BCUT2D eigenvalue weighted by atomic mass is 16.7. The third-order valence-electron chi connectivity index (χ3n) is 7.53. The monoisotopic (exact) mass is 574 g/mol. The van der Waals surface area contributed by atoms with Crippen molar-refractivity contribution in [2.45, 2.75) is 13.1 Å². The minimum atomic E-state index is -0.698. The van der Waals surface area contributed by atoms with Crippen molar-refractivity contribution < 1.29 is 19.1 Å². The third kappa shape index (κ3) is 5.87. The number of fused-ring (bicyclic) bond motifs is 1. The maximum absolute atomic E-state index is 11.6. The van der Waals surface area contributed by atoms with E-state index < -0.39 is 5.97 Å². The van der Waals surface area contributed by atoms with Crippen LogP contribution < -0.4 is 15.7 Å². The van der Waals surface area contributed by atoms with E-state index in [0.29, 0.717) is 31.5 Å². The molecule has 1 aromatic carbocycles. The number of nitrogens with zero attached hydrogens (tertiary/aromatic N) is 9. The normalized spacial score (nSPS) is 16.1. The van der Waals surface area contributed by atoms with Gasteiger partial charge in [0, 0.05) is 64.8 Å². The Balaban J connectivity index is 1.30. The Labute approximate surface area is 243 Å². The Kier molecular flexibility index (Phi) is 8.19. The van der Waals surface area contributed by atoms with Gasteiger partial charge in [-0.15, -0.1) is 0 Å². The van der Waals surface area contributed by atoms with Crippen molar-refractivity contribution in [1.29, 1.82) is 0 Å². The summed E-state index contributed by atoms with van der Waals surface area (Å²) in [5, 5.41) is 0. The van der Waals surface area contributed by atoms with Crippen LogP contribution in [0.25, 0.3) is 22.6 Å². The van der Waals surface area contributed by atoms with E-state index in [-0.39, 0.29) is 5.56 Å². The number of hydrogen-bond acceptors (Lipinski definition) is 13. The second kappa shape index (κ2) is 12.3. The number of benzene rings is 1. The van der Waals surface area contributed by atoms with E-state index in [1.807, 2.05) is 23.6 Å². The molecule has 220 valence electrons. The van der Waals surface area contributed by atoms with E-state index >= 15 is 0 Å². The summed E-state index contributed by atoms with van der Waals surface area (Å²) in [6.07, 6.45) is 2.76. The molecule has 2 aliphatic rings. The van der Waals surface area contributed by atoms with Gasteiger partial charge in [-0.3, -0.25) is 4.90 Å². The average molecular weight is 575 g/mol. The molecule has 0 aliphatic carbocycles. The first-order valence-electron chi connectivity index (χ1n) is 13.9. The van der Waals surface area contributed by atoms with Crippen molar-refractivity contribution in [3.63, 3.8) is 0 Å². The van der Waals surface area contributed by atoms with Gasteiger partial charge in [0.25, 0.3) is 0 Å². The molecule has 0 saturated carbocycles. The maximum atomic E-state index is 11.6. The number of imidazole rings is 1. The standard InChI is InChI=1S/C28H34N10O4/c1-35(28-30-15-21(16-31-28)27(39)42-29)18-22-32-23-25(36(22)2)33-24(34-26(23)38-9-13-41-14-10-38)20-5-3-19(4-6-20)17-37-7-11-40-12-8-37/h3-6,15-16H,7-14,17-18,29H2,1-2H3. The van der Waals surface area contributed by atoms with E-state index in [2.05, 4.69) is 48.9 Å². The molecule has 0 bridgehead atoms. The lowest BCUT2D eigenvalue weighted by atomic mass is 10.1. The Hall–Kier alpha value is -4.24. The molecule has 2 N–H and O–H groups in total. The fraction of sp³-hybridized carbons (Fsp3) is 0.429. The molecule has 0 unspecified atom stereocenters. The molecule has 6 rings (SSSR count). The van der Waals surface area contributed by atoms with Crippen molar-refractivity contribution >= 4 is 28.9 Å². The molecule has 0 spiro atoms. The third-order valence-corrected chi connectivity index (χ3v) is 7.53. The highest BCUT2D eigenvalue weighted by molar-refractivity contribution is 5.88. The van der Waals surface area contributed by atoms with Crippen molar-refractivity contribution in [2.24, 2.45) is 12.9 Å². The highest BCUT2D eigenvalue weighted by Crippen LogP contribution is 2.29. The minimum Gasteiger partial charge on any atom is -0.379 e. The molecule has 0 amide bonds. The summed E-state index contributed by atoms with van der Waals surface area (Å²) in [5.74, 6) is 6.89. The van der Waals surface area contributed by atoms with E-state index in [9.17, 15) is 4.79 Å². The fourth-order valence-electron chi connectivity index (χ4n) is 5.11. The summed E-state index contributed by atoms with van der Waals surface area (Å²) in [4.78, 5) is 45.9. The van der Waals surface area contributed by atoms with Crippen LogP contribution in [0.15, 0.2) is 36.7 Å². The Morgan fingerprint density at radius 3 is 2.31 bits per heavy atom. The molecule has 3 aromatic heterocycles. The van der Waals surface area contributed by atoms with Crippen molar-refractivity contribution in [2.75, 3.05) is 69.5 Å². The van der Waals surface area contributed by atoms with Gasteiger partial charge >= 0.3 is 5.97 Å². The molecule has 2 saturated heterocycles. The lowest BCUT2D eigenvalue weighted by Crippen LogP contribution is -2.37. The van der Waals surface area contributed by atoms with Crippen LogP contribution in [0, 0.1) is 0 Å². The van der Waals surface area contributed by atoms with E-state index in [4.69, 9.17) is 30.3 Å². The molecule has 0 radical (unpaired) electrons. The first-order valence-corrected chi connectivity index (χ1v) is 13.9. The molecule has 2 aliphatic heterocycles. The SMILES string of the molecule is CN(Cc1nc2c(N3CCOCC3)nc(-c3ccc(CN4CCOCC4)cc3)nc2n1C)c1ncc(C(=O)ON)cn1. The van der Waals surface area contributed by atoms with Crippen LogP contribution in [0.2, 0.25) is 0 Å². The molecular weight excluding hydrogens is 540 g/mol. The Bertz CT molecular complexity index is 1530. The number of nitrogens with two attached hydrogens (primary N) is 1. The van der Waals surface area contributed by atoms with Crippen LogP contribution in [0.1, 0.15) is 21.7 Å². The fourth-order valence-corrected chi connectivity index (χ4v) is 5.11. The largest absolute Gasteiger partial charge is 0.379 e. The summed E-state index contributed by atoms with van der Waals surface area (Å²) in [6.45, 7) is 7.46. The van der Waals surface area contributed by atoms with Gasteiger partial charge in [0.05, 0.1) is 38.5 Å². The van der Waals surface area contributed by atoms with E-state index in [1.165, 1.54) is 18.0 Å². The Morgan fingerprint density at radius 2 is 1.64 bits per heavy atom. The van der Waals surface area contributed by atoms with Crippen LogP contribution >= 0.6 is 0 Å². The molecule has 0 atom stereocenters. The van der Waals surface area contributed by atoms with E-state index in [1.54, 1.807) is 0 Å². The van der Waals surface area contributed by atoms with Crippen molar-refractivity contribution in [3.05, 3.63) is 53.6 Å². The summed E-state index contributed by atoms with van der Waals surface area (Å²) < 4.78 is 13.1. The quantitative estimate of drug-likeness (QED) is 0.300. The summed E-state index contributed by atoms with van der Waals surface area (Å²) in [7, 11) is 3.80. The molecule has 14 heteroatoms. The van der Waals surface area contributed by atoms with Crippen LogP contribution in [-0.2, 0) is 34.4 Å². The predicted octanol–water partition coefficient (Wildman–Crippen LogP) is 1.16. The lowest BCUT2D eigenvalue weighted by Gasteiger charge is -2.28. The van der Waals surface area contributed by atoms with Gasteiger partial charge in [-0.25, -0.2) is 29.7 Å². The van der Waals surface area contributed by atoms with Crippen LogP contribution in [-0.4, -0.2) is 100 Å². The van der Waals surface area contributed by atoms with Crippen LogP contribution in [0.4, 0.5) is 11.8 Å². The molecule has 4 aromatic rings. The van der Waals surface area contributed by atoms with Gasteiger partial charge < -0.3 is 28.7 Å². The van der Waals surface area contributed by atoms with Gasteiger partial charge in [-0.05, 0) is 5.56 Å². The highest BCUT2D eigenvalue weighted by Gasteiger charge is 2.23. The number of hydrogen-bond donors (Lipinski definition) is 1. The zero-order valence-electron chi connectivity index (χ0n) is 23.8. The number of aromatic nitrogens is 6.